The Kier molecular flexibility index (Phi) is 3.08. The fraction of sp³-hybridized carbons (Fsp3) is 0.429. The molecule has 0 bridgehead atoms. The zero-order chi connectivity index (χ0) is 13.4. The Balaban J connectivity index is 1.77. The summed E-state index contributed by atoms with van der Waals surface area (Å²) in [5.41, 5.74) is 1.05. The zero-order valence-corrected chi connectivity index (χ0v) is 10.9. The lowest BCUT2D eigenvalue weighted by molar-refractivity contribution is 0.0508. The van der Waals surface area contributed by atoms with Crippen LogP contribution in [0.4, 0.5) is 0 Å². The van der Waals surface area contributed by atoms with Gasteiger partial charge in [0.2, 0.25) is 0 Å². The van der Waals surface area contributed by atoms with E-state index in [1.165, 1.54) is 4.90 Å². The van der Waals surface area contributed by atoms with E-state index in [0.717, 1.165) is 19.6 Å². The normalized spacial score (nSPS) is 23.8. The van der Waals surface area contributed by atoms with Crippen LogP contribution in [0, 0.1) is 0 Å². The van der Waals surface area contributed by atoms with Crippen LogP contribution < -0.4 is 5.32 Å². The molecule has 1 N–H and O–H groups in total. The summed E-state index contributed by atoms with van der Waals surface area (Å²) in [6.45, 7) is 5.10. The molecule has 5 nitrogen and oxygen atoms in total. The van der Waals surface area contributed by atoms with Crippen molar-refractivity contribution in [3.05, 3.63) is 35.4 Å². The Morgan fingerprint density at radius 2 is 1.84 bits per heavy atom. The maximum Gasteiger partial charge on any atom is 0.262 e. The van der Waals surface area contributed by atoms with Crippen LogP contribution in [0.3, 0.4) is 0 Å². The van der Waals surface area contributed by atoms with Crippen molar-refractivity contribution >= 4 is 11.8 Å². The molecule has 2 heterocycles. The average molecular weight is 259 g/mol. The first-order valence-electron chi connectivity index (χ1n) is 6.58. The molecular weight excluding hydrogens is 242 g/mol. The second-order valence-electron chi connectivity index (χ2n) is 5.16. The van der Waals surface area contributed by atoms with Gasteiger partial charge < -0.3 is 5.32 Å². The van der Waals surface area contributed by atoms with E-state index in [4.69, 9.17) is 0 Å². The van der Waals surface area contributed by atoms with Crippen molar-refractivity contribution < 1.29 is 9.59 Å². The molecule has 100 valence electrons. The van der Waals surface area contributed by atoms with E-state index < -0.39 is 0 Å². The number of carbonyl (C=O) groups is 2. The second kappa shape index (κ2) is 4.75. The Morgan fingerprint density at radius 3 is 2.42 bits per heavy atom. The van der Waals surface area contributed by atoms with Gasteiger partial charge in [-0.05, 0) is 19.1 Å². The van der Waals surface area contributed by atoms with E-state index >= 15 is 0 Å². The summed E-state index contributed by atoms with van der Waals surface area (Å²) < 4.78 is 0. The number of nitrogens with zero attached hydrogens (tertiary/aromatic N) is 2. The summed E-state index contributed by atoms with van der Waals surface area (Å²) in [7, 11) is 0. The molecule has 0 radical (unpaired) electrons. The molecule has 2 aliphatic rings. The molecule has 2 amide bonds. The summed E-state index contributed by atoms with van der Waals surface area (Å²) in [6, 6.07) is 7.41. The number of amides is 2. The van der Waals surface area contributed by atoms with Gasteiger partial charge in [0.25, 0.3) is 11.8 Å². The standard InChI is InChI=1S/C14H17N3O2/c1-10-8-16(7-6-15-10)9-17-13(18)11-4-2-3-5-12(11)14(17)19/h2-5,10,15H,6-9H2,1H3/t10-/m0/s1. The molecule has 0 unspecified atom stereocenters. The molecule has 3 rings (SSSR count). The van der Waals surface area contributed by atoms with Crippen molar-refractivity contribution in [2.75, 3.05) is 26.3 Å². The van der Waals surface area contributed by atoms with Crippen molar-refractivity contribution in [2.45, 2.75) is 13.0 Å². The smallest absolute Gasteiger partial charge is 0.262 e. The van der Waals surface area contributed by atoms with Gasteiger partial charge in [-0.3, -0.25) is 19.4 Å². The molecule has 1 aromatic rings. The van der Waals surface area contributed by atoms with Gasteiger partial charge in [-0.1, -0.05) is 12.1 Å². The average Bonchev–Trinajstić information content (AvgIpc) is 2.65. The van der Waals surface area contributed by atoms with Crippen LogP contribution >= 0.6 is 0 Å². The number of hydrogen-bond acceptors (Lipinski definition) is 4. The summed E-state index contributed by atoms with van der Waals surface area (Å²) >= 11 is 0. The molecule has 1 atom stereocenters. The van der Waals surface area contributed by atoms with Crippen LogP contribution in [0.25, 0.3) is 0 Å². The van der Waals surface area contributed by atoms with Crippen LogP contribution in [0.1, 0.15) is 27.6 Å². The topological polar surface area (TPSA) is 52.7 Å². The molecule has 1 fully saturated rings. The zero-order valence-electron chi connectivity index (χ0n) is 10.9. The van der Waals surface area contributed by atoms with Gasteiger partial charge in [-0.15, -0.1) is 0 Å². The van der Waals surface area contributed by atoms with Crippen molar-refractivity contribution in [3.8, 4) is 0 Å². The SMILES string of the molecule is C[C@H]1CN(CN2C(=O)c3ccccc3C2=O)CCN1. The van der Waals surface area contributed by atoms with Crippen molar-refractivity contribution in [1.82, 2.24) is 15.1 Å². The van der Waals surface area contributed by atoms with E-state index in [9.17, 15) is 9.59 Å². The molecule has 1 saturated heterocycles. The number of nitrogens with one attached hydrogen (secondary N) is 1. The maximum absolute atomic E-state index is 12.2. The third kappa shape index (κ3) is 2.15. The molecule has 2 aliphatic heterocycles. The fourth-order valence-electron chi connectivity index (χ4n) is 2.71. The highest BCUT2D eigenvalue weighted by molar-refractivity contribution is 6.21. The predicted molar refractivity (Wildman–Crippen MR) is 70.8 cm³/mol. The number of fused-ring (bicyclic) bond motifs is 1. The first kappa shape index (κ1) is 12.3. The Hall–Kier alpha value is -1.72. The van der Waals surface area contributed by atoms with E-state index in [-0.39, 0.29) is 11.8 Å². The van der Waals surface area contributed by atoms with Gasteiger partial charge in [-0.25, -0.2) is 0 Å². The Morgan fingerprint density at radius 1 is 1.21 bits per heavy atom. The molecule has 5 heteroatoms. The third-order valence-corrected chi connectivity index (χ3v) is 3.67. The molecule has 0 aromatic heterocycles. The van der Waals surface area contributed by atoms with Gasteiger partial charge in [0.1, 0.15) is 0 Å². The van der Waals surface area contributed by atoms with Gasteiger partial charge in [0.15, 0.2) is 0 Å². The van der Waals surface area contributed by atoms with E-state index in [0.29, 0.717) is 23.8 Å². The number of hydrogen-bond donors (Lipinski definition) is 1. The molecule has 0 spiro atoms. The summed E-state index contributed by atoms with van der Waals surface area (Å²) in [5.74, 6) is -0.349. The summed E-state index contributed by atoms with van der Waals surface area (Å²) in [4.78, 5) is 27.9. The van der Waals surface area contributed by atoms with Crippen LogP contribution in [0.2, 0.25) is 0 Å². The van der Waals surface area contributed by atoms with Crippen LogP contribution in [0.5, 0.6) is 0 Å². The van der Waals surface area contributed by atoms with Gasteiger partial charge in [-0.2, -0.15) is 0 Å². The third-order valence-electron chi connectivity index (χ3n) is 3.67. The first-order valence-corrected chi connectivity index (χ1v) is 6.58. The lowest BCUT2D eigenvalue weighted by Crippen LogP contribution is -2.53. The Bertz CT molecular complexity index is 494. The highest BCUT2D eigenvalue weighted by Gasteiger charge is 2.36. The van der Waals surface area contributed by atoms with Gasteiger partial charge >= 0.3 is 0 Å². The predicted octanol–water partition coefficient (Wildman–Crippen LogP) is 0.534. The highest BCUT2D eigenvalue weighted by atomic mass is 16.2. The minimum atomic E-state index is -0.174. The quantitative estimate of drug-likeness (QED) is 0.787. The maximum atomic E-state index is 12.2. The highest BCUT2D eigenvalue weighted by Crippen LogP contribution is 2.22. The number of piperazine rings is 1. The molecular formula is C14H17N3O2. The number of carbonyl (C=O) groups excluding carboxylic acids is 2. The molecule has 0 aliphatic carbocycles. The van der Waals surface area contributed by atoms with E-state index in [1.807, 2.05) is 0 Å². The Labute approximate surface area is 112 Å². The van der Waals surface area contributed by atoms with Gasteiger partial charge in [0, 0.05) is 25.7 Å². The van der Waals surface area contributed by atoms with E-state index in [1.54, 1.807) is 24.3 Å². The summed E-state index contributed by atoms with van der Waals surface area (Å²) in [5, 5.41) is 3.35. The molecule has 19 heavy (non-hydrogen) atoms. The number of benzene rings is 1. The molecule has 1 aromatic carbocycles. The largest absolute Gasteiger partial charge is 0.312 e. The number of rotatable bonds is 2. The molecule has 0 saturated carbocycles. The monoisotopic (exact) mass is 259 g/mol. The van der Waals surface area contributed by atoms with Crippen molar-refractivity contribution in [1.29, 1.82) is 0 Å². The second-order valence-corrected chi connectivity index (χ2v) is 5.16. The lowest BCUT2D eigenvalue weighted by atomic mass is 10.1. The van der Waals surface area contributed by atoms with Crippen molar-refractivity contribution in [3.63, 3.8) is 0 Å². The van der Waals surface area contributed by atoms with Crippen LogP contribution in [-0.2, 0) is 0 Å². The van der Waals surface area contributed by atoms with Crippen LogP contribution in [-0.4, -0.2) is 54.0 Å². The van der Waals surface area contributed by atoms with Gasteiger partial charge in [0.05, 0.1) is 17.8 Å². The van der Waals surface area contributed by atoms with E-state index in [2.05, 4.69) is 17.1 Å². The fourth-order valence-corrected chi connectivity index (χ4v) is 2.71. The minimum absolute atomic E-state index is 0.174. The van der Waals surface area contributed by atoms with Crippen molar-refractivity contribution in [2.24, 2.45) is 0 Å². The number of imide groups is 1. The lowest BCUT2D eigenvalue weighted by Gasteiger charge is -2.33. The van der Waals surface area contributed by atoms with Crippen LogP contribution in [0.15, 0.2) is 24.3 Å². The first-order chi connectivity index (χ1) is 9.16. The minimum Gasteiger partial charge on any atom is -0.312 e. The summed E-state index contributed by atoms with van der Waals surface area (Å²) in [6.07, 6.45) is 0.